The molecule has 0 aliphatic rings. The minimum absolute atomic E-state index is 0.126. The predicted molar refractivity (Wildman–Crippen MR) is 348 cm³/mol. The first-order valence-electron chi connectivity index (χ1n) is 29.3. The maximum Gasteiger partial charge on any atom is 0.252 e. The number of anilines is 3. The third kappa shape index (κ3) is 15.0. The Balaban J connectivity index is 0.000000169. The van der Waals surface area contributed by atoms with Crippen LogP contribution < -0.4 is 20.7 Å². The summed E-state index contributed by atoms with van der Waals surface area (Å²) in [5.74, 6) is 1.43. The van der Waals surface area contributed by atoms with Crippen LogP contribution in [0.2, 0.25) is 0 Å². The van der Waals surface area contributed by atoms with E-state index in [-0.39, 0.29) is 39.2 Å². The van der Waals surface area contributed by atoms with Crippen molar-refractivity contribution < 1.29 is 35.2 Å². The van der Waals surface area contributed by atoms with Crippen LogP contribution in [0.15, 0.2) is 144 Å². The molecule has 0 fully saturated rings. The molecule has 0 saturated heterocycles. The highest BCUT2D eigenvalue weighted by Gasteiger charge is 2.24. The lowest BCUT2D eigenvalue weighted by molar-refractivity contribution is -0.904. The predicted octanol–water partition coefficient (Wildman–Crippen LogP) is 10.0. The highest BCUT2D eigenvalue weighted by Crippen LogP contribution is 2.28. The topological polar surface area (TPSA) is 318 Å². The Morgan fingerprint density at radius 2 is 0.911 bits per heavy atom. The number of benzene rings is 3. The summed E-state index contributed by atoms with van der Waals surface area (Å²) >= 11 is 0. The summed E-state index contributed by atoms with van der Waals surface area (Å²) in [6.45, 7) is 21.4. The zero-order valence-electron chi connectivity index (χ0n) is 52.5. The van der Waals surface area contributed by atoms with Gasteiger partial charge in [0.2, 0.25) is 59.8 Å². The second-order valence-electron chi connectivity index (χ2n) is 21.2. The molecule has 12 aromatic rings. The lowest BCUT2D eigenvalue weighted by atomic mass is 10.0. The Morgan fingerprint density at radius 1 is 0.489 bits per heavy atom. The van der Waals surface area contributed by atoms with Crippen LogP contribution in [-0.4, -0.2) is 118 Å². The second kappa shape index (κ2) is 28.4. The van der Waals surface area contributed by atoms with Crippen LogP contribution in [0.1, 0.15) is 127 Å². The number of nitrogens with zero attached hydrogens (tertiary/aromatic N) is 15. The smallest absolute Gasteiger partial charge is 0.252 e. The van der Waals surface area contributed by atoms with Gasteiger partial charge in [0, 0.05) is 95.3 Å². The minimum Gasteiger partial charge on any atom is -0.350 e. The van der Waals surface area contributed by atoms with Crippen molar-refractivity contribution in [3.05, 3.63) is 162 Å². The molecule has 25 nitrogen and oxygen atoms in total. The van der Waals surface area contributed by atoms with Gasteiger partial charge >= 0.3 is 0 Å². The van der Waals surface area contributed by atoms with Gasteiger partial charge in [0.25, 0.3) is 15.5 Å². The lowest BCUT2D eigenvalue weighted by Gasteiger charge is -2.11. The van der Waals surface area contributed by atoms with Crippen molar-refractivity contribution in [1.82, 2.24) is 68.7 Å². The number of aromatic nitrogens is 15. The third-order valence-electron chi connectivity index (χ3n) is 14.2. The molecule has 12 rings (SSSR count). The van der Waals surface area contributed by atoms with Gasteiger partial charge in [-0.3, -0.25) is 15.2 Å². The molecule has 9 heterocycles. The van der Waals surface area contributed by atoms with Crippen LogP contribution in [0, 0.1) is 0 Å². The number of sulfone groups is 3. The summed E-state index contributed by atoms with van der Waals surface area (Å²) in [6, 6.07) is 25.3. The van der Waals surface area contributed by atoms with Gasteiger partial charge in [-0.2, -0.15) is 58.7 Å². The summed E-state index contributed by atoms with van der Waals surface area (Å²) in [4.78, 5) is 34.0. The molecule has 90 heavy (non-hydrogen) atoms. The number of nitrogens with one attached hydrogen (secondary N) is 3. The van der Waals surface area contributed by atoms with Crippen LogP contribution in [0.5, 0.6) is 0 Å². The zero-order valence-corrected chi connectivity index (χ0v) is 55.0. The van der Waals surface area contributed by atoms with E-state index in [0.29, 0.717) is 48.5 Å². The lowest BCUT2D eigenvalue weighted by Crippen LogP contribution is -2.28. The van der Waals surface area contributed by atoms with Gasteiger partial charge in [0.1, 0.15) is 0 Å². The first-order valence-corrected chi connectivity index (χ1v) is 35.0. The normalized spacial score (nSPS) is 12.0. The van der Waals surface area contributed by atoms with Crippen LogP contribution >= 0.6 is 0 Å². The van der Waals surface area contributed by atoms with Crippen molar-refractivity contribution in [3.8, 4) is 0 Å². The molecule has 0 spiro atoms. The molecular weight excluding hydrogens is 1210 g/mol. The van der Waals surface area contributed by atoms with Gasteiger partial charge in [-0.15, -0.1) is 0 Å². The summed E-state index contributed by atoms with van der Waals surface area (Å²) in [6.07, 6.45) is 17.8. The first-order chi connectivity index (χ1) is 43.0. The molecule has 1 atom stereocenters. The van der Waals surface area contributed by atoms with E-state index in [1.54, 1.807) is 52.4 Å². The molecule has 0 saturated carbocycles. The molecule has 9 aromatic heterocycles. The van der Waals surface area contributed by atoms with Gasteiger partial charge in [-0.05, 0) is 69.8 Å². The van der Waals surface area contributed by atoms with Crippen molar-refractivity contribution >= 4 is 96.7 Å². The maximum absolute atomic E-state index is 12.2. The highest BCUT2D eigenvalue weighted by molar-refractivity contribution is 7.91. The zero-order chi connectivity index (χ0) is 65.2. The Morgan fingerprint density at radius 3 is 1.37 bits per heavy atom. The van der Waals surface area contributed by atoms with Crippen LogP contribution in [-0.2, 0) is 49.1 Å². The highest BCUT2D eigenvalue weighted by atomic mass is 32.2. The monoisotopic (exact) mass is 1280 g/mol. The Kier molecular flexibility index (Phi) is 21.0. The Bertz CT molecular complexity index is 4870. The van der Waals surface area contributed by atoms with E-state index >= 15 is 0 Å². The SMILES string of the molecule is CC.CC.CC(C)c1cnn2c(NCc3cccc4cc[n+](O)cc34)nc(S(C)(=O)=O)nc12.CC(C)c1cnn2c(NCc3cccc4ccncc34)nc(S(C)(=O)=O)nc12.CCC(C)c1cnn2c(NCc3cccc4ncccc34)nc(S(C)(=O)=O)nc12. The fourth-order valence-electron chi connectivity index (χ4n) is 9.44. The van der Waals surface area contributed by atoms with Crippen LogP contribution in [0.3, 0.4) is 0 Å². The van der Waals surface area contributed by atoms with E-state index in [4.69, 9.17) is 0 Å². The number of rotatable bonds is 16. The molecule has 4 N–H and O–H groups in total. The Labute approximate surface area is 522 Å². The molecule has 3 aromatic carbocycles. The maximum atomic E-state index is 12.2. The van der Waals surface area contributed by atoms with Gasteiger partial charge in [0.15, 0.2) is 16.9 Å². The standard InChI is InChI=1S/C20H22N6O2S.C19H21N6O3S.C19H20N6O2S.2C2H6/c1-4-13(2)16-12-23-26-18(16)24-20(29(3,27)28)25-19(26)22-11-14-7-5-9-17-15(14)8-6-10-21-17;1-12(2)15-10-21-25-17(15)22-19(29(3,27)28)23-18(25)20-9-14-6-4-5-13-7-8-24(26)11-16(13)14;1-12(2)15-11-22-25-17(15)23-19(28(3,26)27)24-18(25)21-9-14-6-4-5-13-7-8-20-10-16(13)14;2*1-2/h5-10,12-13H,4,11H2,1-3H3,(H,22,24,25);4-8,10-12,26H,9H2,1-3H3,(H,20,22,23);4-8,10-12H,9H2,1-3H3,(H,21,23,24);2*1-2H3/q;+1;;;. The quantitative estimate of drug-likeness (QED) is 0.0516. The fraction of sp³-hybridized carbons (Fsp3) is 0.323. The summed E-state index contributed by atoms with van der Waals surface area (Å²) in [7, 11) is -10.7. The summed E-state index contributed by atoms with van der Waals surface area (Å²) < 4.78 is 78.3. The summed E-state index contributed by atoms with van der Waals surface area (Å²) in [5.41, 5.74) is 7.93. The second-order valence-corrected chi connectivity index (χ2v) is 27.0. The molecule has 0 bridgehead atoms. The molecule has 472 valence electrons. The van der Waals surface area contributed by atoms with Gasteiger partial charge in [-0.1, -0.05) is 124 Å². The average molecular weight is 1280 g/mol. The molecule has 0 radical (unpaired) electrons. The average Bonchev–Trinajstić information content (AvgIpc) is 1.66. The molecule has 1 unspecified atom stereocenters. The van der Waals surface area contributed by atoms with Crippen molar-refractivity contribution in [2.75, 3.05) is 34.7 Å². The molecule has 0 amide bonds. The van der Waals surface area contributed by atoms with E-state index in [9.17, 15) is 30.5 Å². The van der Waals surface area contributed by atoms with Crippen molar-refractivity contribution in [1.29, 1.82) is 0 Å². The largest absolute Gasteiger partial charge is 0.350 e. The fourth-order valence-corrected chi connectivity index (χ4v) is 11.0. The van der Waals surface area contributed by atoms with E-state index in [2.05, 4.69) is 85.0 Å². The van der Waals surface area contributed by atoms with Gasteiger partial charge in [-0.25, -0.2) is 25.3 Å². The number of fused-ring (bicyclic) bond motifs is 6. The van der Waals surface area contributed by atoms with Crippen LogP contribution in [0.4, 0.5) is 17.8 Å². The van der Waals surface area contributed by atoms with E-state index in [1.165, 1.54) is 4.52 Å². The van der Waals surface area contributed by atoms with E-state index in [0.717, 1.165) is 95.7 Å². The Hall–Kier alpha value is -9.41. The van der Waals surface area contributed by atoms with Gasteiger partial charge < -0.3 is 16.0 Å². The van der Waals surface area contributed by atoms with Gasteiger partial charge in [0.05, 0.1) is 29.5 Å². The molecule has 0 aliphatic heterocycles. The number of pyridine rings is 3. The molecular formula is C62H75N18O7S3+. The van der Waals surface area contributed by atoms with Crippen molar-refractivity contribution in [3.63, 3.8) is 0 Å². The van der Waals surface area contributed by atoms with E-state index in [1.807, 2.05) is 140 Å². The molecule has 28 heteroatoms. The van der Waals surface area contributed by atoms with Crippen LogP contribution in [0.25, 0.3) is 49.4 Å². The van der Waals surface area contributed by atoms with Crippen molar-refractivity contribution in [2.45, 2.75) is 129 Å². The molecule has 0 aliphatic carbocycles. The van der Waals surface area contributed by atoms with E-state index < -0.39 is 29.5 Å². The number of hydrogen-bond donors (Lipinski definition) is 4. The third-order valence-corrected chi connectivity index (χ3v) is 16.8. The van der Waals surface area contributed by atoms with Crippen molar-refractivity contribution in [2.24, 2.45) is 0 Å². The first kappa shape index (κ1) is 66.5. The minimum atomic E-state index is -3.60. The number of hydrogen-bond acceptors (Lipinski definition) is 21. The summed E-state index contributed by atoms with van der Waals surface area (Å²) in [5, 5.41) is 36.8.